The van der Waals surface area contributed by atoms with Crippen LogP contribution >= 0.6 is 0 Å². The molecule has 0 aliphatic heterocycles. The lowest BCUT2D eigenvalue weighted by atomic mass is 9.79. The quantitative estimate of drug-likeness (QED) is 0.485. The van der Waals surface area contributed by atoms with Gasteiger partial charge >= 0.3 is 5.97 Å². The number of carbonyl (C=O) groups is 1. The summed E-state index contributed by atoms with van der Waals surface area (Å²) in [5.41, 5.74) is 3.22. The van der Waals surface area contributed by atoms with Crippen molar-refractivity contribution in [3.05, 3.63) is 59.7 Å². The molecule has 3 aromatic rings. The van der Waals surface area contributed by atoms with Gasteiger partial charge in [0.25, 0.3) is 0 Å². The van der Waals surface area contributed by atoms with E-state index in [-0.39, 0.29) is 17.8 Å². The number of fused-ring (bicyclic) bond motifs is 1. The Hall–Kier alpha value is -3.15. The van der Waals surface area contributed by atoms with Gasteiger partial charge in [-0.3, -0.25) is 0 Å². The van der Waals surface area contributed by atoms with Crippen molar-refractivity contribution in [1.29, 1.82) is 0 Å². The molecule has 1 heterocycles. The lowest BCUT2D eigenvalue weighted by Gasteiger charge is -2.29. The van der Waals surface area contributed by atoms with Gasteiger partial charge < -0.3 is 9.84 Å². The van der Waals surface area contributed by atoms with Gasteiger partial charge in [0.1, 0.15) is 29.1 Å². The third-order valence-corrected chi connectivity index (χ3v) is 5.09. The van der Waals surface area contributed by atoms with Crippen LogP contribution in [-0.4, -0.2) is 32.7 Å². The van der Waals surface area contributed by atoms with Gasteiger partial charge in [-0.05, 0) is 36.1 Å². The van der Waals surface area contributed by atoms with Gasteiger partial charge in [-0.25, -0.2) is 4.79 Å². The van der Waals surface area contributed by atoms with Gasteiger partial charge in [-0.1, -0.05) is 59.4 Å². The van der Waals surface area contributed by atoms with Gasteiger partial charge in [0.15, 0.2) is 0 Å². The number of aromatic nitrogens is 3. The van der Waals surface area contributed by atoms with E-state index in [0.717, 1.165) is 22.2 Å². The Bertz CT molecular complexity index is 1090. The molecule has 0 bridgehead atoms. The van der Waals surface area contributed by atoms with Crippen molar-refractivity contribution < 1.29 is 14.6 Å². The Morgan fingerprint density at radius 1 is 1.10 bits per heavy atom. The van der Waals surface area contributed by atoms with Crippen LogP contribution in [0, 0.1) is 0 Å². The predicted octanol–water partition coefficient (Wildman–Crippen LogP) is 4.82. The van der Waals surface area contributed by atoms with Crippen LogP contribution in [0.15, 0.2) is 48.6 Å². The Balaban J connectivity index is 2.13. The molecule has 1 aromatic heterocycles. The van der Waals surface area contributed by atoms with Gasteiger partial charge in [-0.15, -0.1) is 15.0 Å². The average molecular weight is 408 g/mol. The monoisotopic (exact) mass is 407 g/mol. The number of esters is 1. The second-order valence-electron chi connectivity index (χ2n) is 9.36. The fraction of sp³-hybridized carbons (Fsp3) is 0.375. The zero-order valence-electron chi connectivity index (χ0n) is 18.5. The van der Waals surface area contributed by atoms with Crippen molar-refractivity contribution in [2.45, 2.75) is 52.4 Å². The predicted molar refractivity (Wildman–Crippen MR) is 118 cm³/mol. The Kier molecular flexibility index (Phi) is 5.46. The minimum atomic E-state index is -0.500. The molecular formula is C24H29N3O3. The number of carbonyl (C=O) groups excluding carboxylic acids is 1. The fourth-order valence-electron chi connectivity index (χ4n) is 3.15. The first-order chi connectivity index (χ1) is 13.9. The van der Waals surface area contributed by atoms with E-state index in [9.17, 15) is 9.90 Å². The molecule has 0 saturated carbocycles. The van der Waals surface area contributed by atoms with Gasteiger partial charge in [0, 0.05) is 16.6 Å². The molecule has 158 valence electrons. The smallest absolute Gasteiger partial charge is 0.333 e. The van der Waals surface area contributed by atoms with E-state index >= 15 is 0 Å². The molecule has 0 saturated heterocycles. The third-order valence-electron chi connectivity index (χ3n) is 5.09. The van der Waals surface area contributed by atoms with E-state index in [1.54, 1.807) is 6.92 Å². The van der Waals surface area contributed by atoms with Gasteiger partial charge in [0.2, 0.25) is 0 Å². The average Bonchev–Trinajstić information content (AvgIpc) is 3.09. The van der Waals surface area contributed by atoms with Crippen molar-refractivity contribution in [1.82, 2.24) is 15.0 Å². The Labute approximate surface area is 177 Å². The molecule has 6 nitrogen and oxygen atoms in total. The van der Waals surface area contributed by atoms with Crippen molar-refractivity contribution in [3.63, 3.8) is 0 Å². The summed E-state index contributed by atoms with van der Waals surface area (Å²) in [5, 5.41) is 20.2. The first-order valence-corrected chi connectivity index (χ1v) is 9.93. The number of aromatic hydroxyl groups is 1. The number of hydrogen-bond donors (Lipinski definition) is 1. The summed E-state index contributed by atoms with van der Waals surface area (Å²) in [6.45, 7) is 15.5. The lowest BCUT2D eigenvalue weighted by Crippen LogP contribution is -2.27. The Morgan fingerprint density at radius 2 is 1.67 bits per heavy atom. The van der Waals surface area contributed by atoms with E-state index in [2.05, 4.69) is 16.8 Å². The summed E-state index contributed by atoms with van der Waals surface area (Å²) >= 11 is 0. The summed E-state index contributed by atoms with van der Waals surface area (Å²) in [7, 11) is 0. The molecule has 30 heavy (non-hydrogen) atoms. The van der Waals surface area contributed by atoms with E-state index < -0.39 is 11.4 Å². The van der Waals surface area contributed by atoms with E-state index in [4.69, 9.17) is 4.74 Å². The number of benzene rings is 2. The minimum Gasteiger partial charge on any atom is -0.505 e. The maximum absolute atomic E-state index is 11.9. The van der Waals surface area contributed by atoms with Crippen LogP contribution in [0.25, 0.3) is 16.7 Å². The van der Waals surface area contributed by atoms with Crippen molar-refractivity contribution in [2.24, 2.45) is 0 Å². The summed E-state index contributed by atoms with van der Waals surface area (Å²) < 4.78 is 5.43. The van der Waals surface area contributed by atoms with Crippen LogP contribution in [0.1, 0.15) is 52.7 Å². The van der Waals surface area contributed by atoms with Crippen LogP contribution in [0.4, 0.5) is 0 Å². The first kappa shape index (κ1) is 21.6. The molecule has 0 atom stereocenters. The molecule has 0 spiro atoms. The number of phenols is 1. The standard InChI is InChI=1S/C24H29N3O3/c1-15(2)22(29)30-14-24(6,7)16-12-17(23(3,4)5)21(28)20(13-16)27-25-18-10-8-9-11-19(18)26-27/h8-13,28H,1,14H2,2-7H3. The molecule has 6 heteroatoms. The Morgan fingerprint density at radius 3 is 2.17 bits per heavy atom. The zero-order valence-corrected chi connectivity index (χ0v) is 18.5. The zero-order chi connectivity index (χ0) is 22.3. The van der Waals surface area contributed by atoms with Crippen LogP contribution in [0.3, 0.4) is 0 Å². The molecule has 2 aromatic carbocycles. The number of nitrogens with zero attached hydrogens (tertiary/aromatic N) is 3. The molecule has 3 rings (SSSR count). The molecule has 0 aliphatic rings. The van der Waals surface area contributed by atoms with Crippen molar-refractivity contribution in [2.75, 3.05) is 6.61 Å². The van der Waals surface area contributed by atoms with Gasteiger partial charge in [-0.2, -0.15) is 0 Å². The summed E-state index contributed by atoms with van der Waals surface area (Å²) in [4.78, 5) is 13.4. The summed E-state index contributed by atoms with van der Waals surface area (Å²) in [6, 6.07) is 11.4. The number of phenolic OH excluding ortho intramolecular Hbond substituents is 1. The van der Waals surface area contributed by atoms with Gasteiger partial charge in [0.05, 0.1) is 0 Å². The largest absolute Gasteiger partial charge is 0.505 e. The van der Waals surface area contributed by atoms with Crippen LogP contribution in [0.5, 0.6) is 5.75 Å². The van der Waals surface area contributed by atoms with E-state index in [0.29, 0.717) is 11.3 Å². The molecular weight excluding hydrogens is 378 g/mol. The maximum atomic E-state index is 11.9. The SMILES string of the molecule is C=C(C)C(=O)OCC(C)(C)c1cc(-n2nc3ccccc3n2)c(O)c(C(C)(C)C)c1. The molecule has 0 aliphatic carbocycles. The molecule has 0 unspecified atom stereocenters. The van der Waals surface area contributed by atoms with Crippen LogP contribution in [0.2, 0.25) is 0 Å². The second-order valence-corrected chi connectivity index (χ2v) is 9.36. The molecule has 0 amide bonds. The summed E-state index contributed by atoms with van der Waals surface area (Å²) in [5.74, 6) is -0.278. The highest BCUT2D eigenvalue weighted by molar-refractivity contribution is 5.87. The minimum absolute atomic E-state index is 0.140. The van der Waals surface area contributed by atoms with Crippen LogP contribution in [-0.2, 0) is 20.4 Å². The van der Waals surface area contributed by atoms with E-state index in [1.807, 2.05) is 71.0 Å². The van der Waals surface area contributed by atoms with Crippen molar-refractivity contribution in [3.8, 4) is 11.4 Å². The highest BCUT2D eigenvalue weighted by Crippen LogP contribution is 2.39. The highest BCUT2D eigenvalue weighted by Gasteiger charge is 2.29. The number of rotatable bonds is 5. The fourth-order valence-corrected chi connectivity index (χ4v) is 3.15. The second kappa shape index (κ2) is 7.59. The van der Waals surface area contributed by atoms with E-state index in [1.165, 1.54) is 4.80 Å². The molecule has 0 radical (unpaired) electrons. The van der Waals surface area contributed by atoms with Crippen LogP contribution < -0.4 is 0 Å². The topological polar surface area (TPSA) is 77.2 Å². The van der Waals surface area contributed by atoms with Crippen molar-refractivity contribution >= 4 is 17.0 Å². The molecule has 1 N–H and O–H groups in total. The summed E-state index contributed by atoms with van der Waals surface area (Å²) in [6.07, 6.45) is 0. The number of ether oxygens (including phenoxy) is 1. The highest BCUT2D eigenvalue weighted by atomic mass is 16.5. The lowest BCUT2D eigenvalue weighted by molar-refractivity contribution is -0.140. The maximum Gasteiger partial charge on any atom is 0.333 e. The number of hydrogen-bond acceptors (Lipinski definition) is 5. The first-order valence-electron chi connectivity index (χ1n) is 9.93. The third kappa shape index (κ3) is 4.22. The molecule has 0 fully saturated rings. The normalized spacial score (nSPS) is 12.2.